The molecule has 4 nitrogen and oxygen atoms in total. The third-order valence-electron chi connectivity index (χ3n) is 5.99. The summed E-state index contributed by atoms with van der Waals surface area (Å²) in [4.78, 5) is 18.1. The third kappa shape index (κ3) is 2.88. The van der Waals surface area contributed by atoms with E-state index in [9.17, 15) is 4.79 Å². The van der Waals surface area contributed by atoms with Gasteiger partial charge in [0.1, 0.15) is 0 Å². The first kappa shape index (κ1) is 15.4. The Morgan fingerprint density at radius 1 is 1.30 bits per heavy atom. The van der Waals surface area contributed by atoms with Crippen LogP contribution in [0.5, 0.6) is 0 Å². The van der Waals surface area contributed by atoms with Gasteiger partial charge in [0.05, 0.1) is 18.6 Å². The molecule has 0 atom stereocenters. The summed E-state index contributed by atoms with van der Waals surface area (Å²) < 4.78 is 7.16. The zero-order valence-electron chi connectivity index (χ0n) is 14.1. The van der Waals surface area contributed by atoms with E-state index in [-0.39, 0.29) is 11.5 Å². The highest BCUT2D eigenvalue weighted by atomic mass is 32.1. The van der Waals surface area contributed by atoms with Gasteiger partial charge in [-0.15, -0.1) is 11.3 Å². The molecule has 4 saturated carbocycles. The van der Waals surface area contributed by atoms with Crippen LogP contribution in [0.15, 0.2) is 10.4 Å². The first-order valence-electron chi connectivity index (χ1n) is 8.92. The van der Waals surface area contributed by atoms with Crippen molar-refractivity contribution in [2.24, 2.45) is 29.8 Å². The van der Waals surface area contributed by atoms with Gasteiger partial charge in [0.25, 0.3) is 0 Å². The molecule has 4 fully saturated rings. The molecule has 4 bridgehead atoms. The maximum Gasteiger partial charge on any atom is 0.311 e. The van der Waals surface area contributed by atoms with E-state index >= 15 is 0 Å². The summed E-state index contributed by atoms with van der Waals surface area (Å²) >= 11 is 1.67. The molecule has 0 aromatic carbocycles. The van der Waals surface area contributed by atoms with Crippen LogP contribution >= 0.6 is 11.3 Å². The molecule has 0 N–H and O–H groups in total. The number of rotatable bonds is 4. The number of hydrogen-bond donors (Lipinski definition) is 0. The molecule has 23 heavy (non-hydrogen) atoms. The second-order valence-electron chi connectivity index (χ2n) is 7.80. The van der Waals surface area contributed by atoms with E-state index < -0.39 is 0 Å². The zero-order valence-corrected chi connectivity index (χ0v) is 14.9. The number of carbonyl (C=O) groups excluding carboxylic acids is 1. The number of nitrogens with zero attached hydrogens (tertiary/aromatic N) is 2. The predicted molar refractivity (Wildman–Crippen MR) is 90.1 cm³/mol. The van der Waals surface area contributed by atoms with Crippen LogP contribution in [-0.2, 0) is 23.0 Å². The second-order valence-corrected chi connectivity index (χ2v) is 8.64. The van der Waals surface area contributed by atoms with Crippen molar-refractivity contribution in [2.45, 2.75) is 57.4 Å². The summed E-state index contributed by atoms with van der Waals surface area (Å²) in [6, 6.07) is 0. The Bertz CT molecular complexity index is 638. The Kier molecular flexibility index (Phi) is 3.87. The van der Waals surface area contributed by atoms with Gasteiger partial charge >= 0.3 is 5.97 Å². The maximum atomic E-state index is 11.7. The fraction of sp³-hybridized carbons (Fsp3) is 0.778. The van der Waals surface area contributed by atoms with E-state index in [2.05, 4.69) is 9.95 Å². The Hall–Kier alpha value is -1.10. The predicted octanol–water partition coefficient (Wildman–Crippen LogP) is 3.06. The lowest BCUT2D eigenvalue weighted by Crippen LogP contribution is -2.50. The van der Waals surface area contributed by atoms with Crippen LogP contribution in [0.2, 0.25) is 0 Å². The van der Waals surface area contributed by atoms with Crippen molar-refractivity contribution in [3.8, 4) is 0 Å². The maximum absolute atomic E-state index is 11.7. The van der Waals surface area contributed by atoms with E-state index in [1.54, 1.807) is 11.3 Å². The van der Waals surface area contributed by atoms with Crippen LogP contribution in [0.3, 0.4) is 0 Å². The Balaban J connectivity index is 1.60. The molecule has 0 radical (unpaired) electrons. The molecule has 0 aliphatic heterocycles. The molecule has 1 aromatic heterocycles. The van der Waals surface area contributed by atoms with Gasteiger partial charge < -0.3 is 9.30 Å². The summed E-state index contributed by atoms with van der Waals surface area (Å²) in [5.74, 6) is 2.58. The smallest absolute Gasteiger partial charge is 0.311 e. The summed E-state index contributed by atoms with van der Waals surface area (Å²) in [6.45, 7) is 2.29. The van der Waals surface area contributed by atoms with Gasteiger partial charge in [-0.3, -0.25) is 9.79 Å². The summed E-state index contributed by atoms with van der Waals surface area (Å²) in [5, 5.41) is 2.07. The molecule has 1 heterocycles. The Morgan fingerprint density at radius 3 is 2.48 bits per heavy atom. The van der Waals surface area contributed by atoms with E-state index in [1.165, 1.54) is 38.5 Å². The minimum Gasteiger partial charge on any atom is -0.466 e. The van der Waals surface area contributed by atoms with E-state index in [0.717, 1.165) is 28.2 Å². The van der Waals surface area contributed by atoms with Gasteiger partial charge in [-0.2, -0.15) is 0 Å². The van der Waals surface area contributed by atoms with Gasteiger partial charge in [-0.25, -0.2) is 0 Å². The molecule has 4 aliphatic rings. The highest BCUT2D eigenvalue weighted by Crippen LogP contribution is 2.57. The van der Waals surface area contributed by atoms with Crippen molar-refractivity contribution < 1.29 is 9.53 Å². The fourth-order valence-corrected chi connectivity index (χ4v) is 6.43. The average molecular weight is 334 g/mol. The monoisotopic (exact) mass is 334 g/mol. The van der Waals surface area contributed by atoms with Crippen LogP contribution in [-0.4, -0.2) is 22.7 Å². The van der Waals surface area contributed by atoms with E-state index in [4.69, 9.17) is 9.73 Å². The molecule has 1 aromatic rings. The molecule has 5 heteroatoms. The molecular formula is C18H26N2O2S. The minimum atomic E-state index is -0.151. The number of aromatic nitrogens is 1. The van der Waals surface area contributed by atoms with Gasteiger partial charge in [0.2, 0.25) is 0 Å². The standard InChI is InChI=1S/C18H26N2O2S/c1-3-22-16(21)7-15-11-23-17(20(15)2)19-18-8-12-4-13(9-18)6-14(5-12)10-18/h11-14H,3-10H2,1-2H3. The molecular weight excluding hydrogens is 308 g/mol. The van der Waals surface area contributed by atoms with Crippen LogP contribution in [0.25, 0.3) is 0 Å². The van der Waals surface area contributed by atoms with Gasteiger partial charge in [-0.05, 0) is 63.2 Å². The lowest BCUT2D eigenvalue weighted by molar-refractivity contribution is -0.142. The Morgan fingerprint density at radius 2 is 1.91 bits per heavy atom. The molecule has 0 saturated heterocycles. The van der Waals surface area contributed by atoms with Gasteiger partial charge in [0, 0.05) is 18.1 Å². The van der Waals surface area contributed by atoms with Crippen LogP contribution in [0.1, 0.15) is 51.1 Å². The van der Waals surface area contributed by atoms with Crippen LogP contribution < -0.4 is 4.80 Å². The molecule has 0 spiro atoms. The molecule has 0 unspecified atom stereocenters. The SMILES string of the molecule is CCOC(=O)Cc1csc(=NC23CC4CC(CC(C4)C2)C3)n1C. The van der Waals surface area contributed by atoms with E-state index in [1.807, 2.05) is 14.0 Å². The Labute approximate surface area is 141 Å². The van der Waals surface area contributed by atoms with Crippen LogP contribution in [0.4, 0.5) is 0 Å². The van der Waals surface area contributed by atoms with Gasteiger partial charge in [0.15, 0.2) is 4.80 Å². The fourth-order valence-electron chi connectivity index (χ4n) is 5.43. The average Bonchev–Trinajstić information content (AvgIpc) is 2.78. The van der Waals surface area contributed by atoms with E-state index in [0.29, 0.717) is 13.0 Å². The molecule has 4 aliphatic carbocycles. The number of esters is 1. The minimum absolute atomic E-state index is 0.151. The first-order chi connectivity index (χ1) is 11.1. The quantitative estimate of drug-likeness (QED) is 0.794. The number of carbonyl (C=O) groups is 1. The summed E-state index contributed by atoms with van der Waals surface area (Å²) in [7, 11) is 2.03. The summed E-state index contributed by atoms with van der Waals surface area (Å²) in [5.41, 5.74) is 1.20. The lowest BCUT2D eigenvalue weighted by atomic mass is 9.53. The third-order valence-corrected chi connectivity index (χ3v) is 6.95. The largest absolute Gasteiger partial charge is 0.466 e. The number of thiazole rings is 1. The topological polar surface area (TPSA) is 43.6 Å². The highest BCUT2D eigenvalue weighted by molar-refractivity contribution is 7.07. The lowest BCUT2D eigenvalue weighted by Gasteiger charge is -2.54. The van der Waals surface area contributed by atoms with Crippen molar-refractivity contribution >= 4 is 17.3 Å². The second kappa shape index (κ2) is 5.76. The van der Waals surface area contributed by atoms with Crippen molar-refractivity contribution in [3.05, 3.63) is 15.9 Å². The number of hydrogen-bond acceptors (Lipinski definition) is 4. The molecule has 5 rings (SSSR count). The normalized spacial score (nSPS) is 35.7. The van der Waals surface area contributed by atoms with Crippen molar-refractivity contribution in [1.29, 1.82) is 0 Å². The van der Waals surface area contributed by atoms with Crippen LogP contribution in [0, 0.1) is 17.8 Å². The zero-order chi connectivity index (χ0) is 16.0. The van der Waals surface area contributed by atoms with Crippen molar-refractivity contribution in [2.75, 3.05) is 6.61 Å². The summed E-state index contributed by atoms with van der Waals surface area (Å²) in [6.07, 6.45) is 8.52. The van der Waals surface area contributed by atoms with Crippen molar-refractivity contribution in [3.63, 3.8) is 0 Å². The number of ether oxygens (including phenoxy) is 1. The van der Waals surface area contributed by atoms with Crippen molar-refractivity contribution in [1.82, 2.24) is 4.57 Å². The molecule has 0 amide bonds. The molecule has 126 valence electrons. The highest BCUT2D eigenvalue weighted by Gasteiger charge is 2.51. The first-order valence-corrected chi connectivity index (χ1v) is 9.80. The van der Waals surface area contributed by atoms with Gasteiger partial charge in [-0.1, -0.05) is 0 Å².